The number of aliphatic carboxylic acids is 1. The van der Waals surface area contributed by atoms with E-state index in [2.05, 4.69) is 10.1 Å². The Balaban J connectivity index is 1.96. The molecule has 1 aromatic carbocycles. The fourth-order valence-electron chi connectivity index (χ4n) is 2.74. The van der Waals surface area contributed by atoms with Gasteiger partial charge in [0.25, 0.3) is 5.56 Å². The van der Waals surface area contributed by atoms with E-state index in [1.54, 1.807) is 6.92 Å². The zero-order valence-corrected chi connectivity index (χ0v) is 14.1. The molecule has 7 heteroatoms. The molecule has 2 aromatic heterocycles. The number of aryl methyl sites for hydroxylation is 2. The van der Waals surface area contributed by atoms with Crippen molar-refractivity contribution in [3.8, 4) is 5.75 Å². The van der Waals surface area contributed by atoms with Crippen molar-refractivity contribution in [2.45, 2.75) is 33.3 Å². The summed E-state index contributed by atoms with van der Waals surface area (Å²) in [6.07, 6.45) is 0.0529. The number of hydrogen-bond acceptors (Lipinski definition) is 4. The molecule has 0 bridgehead atoms. The number of aromatic amines is 1. The minimum Gasteiger partial charge on any atom is -0.489 e. The van der Waals surface area contributed by atoms with Crippen LogP contribution < -0.4 is 10.3 Å². The first-order valence-electron chi connectivity index (χ1n) is 7.96. The summed E-state index contributed by atoms with van der Waals surface area (Å²) in [7, 11) is 0. The Morgan fingerprint density at radius 1 is 1.24 bits per heavy atom. The number of rotatable bonds is 6. The number of aromatic nitrogens is 3. The van der Waals surface area contributed by atoms with Gasteiger partial charge >= 0.3 is 5.97 Å². The van der Waals surface area contributed by atoms with Crippen molar-refractivity contribution in [3.63, 3.8) is 0 Å². The lowest BCUT2D eigenvalue weighted by Crippen LogP contribution is -2.22. The second-order valence-electron chi connectivity index (χ2n) is 5.85. The van der Waals surface area contributed by atoms with Gasteiger partial charge < -0.3 is 9.84 Å². The number of nitrogens with one attached hydrogen (secondary N) is 1. The summed E-state index contributed by atoms with van der Waals surface area (Å²) in [5.41, 5.74) is 2.79. The topological polar surface area (TPSA) is 96.7 Å². The molecule has 0 fully saturated rings. The molecule has 3 rings (SSSR count). The van der Waals surface area contributed by atoms with E-state index in [1.807, 2.05) is 37.3 Å². The van der Waals surface area contributed by atoms with Gasteiger partial charge in [-0.2, -0.15) is 0 Å². The Morgan fingerprint density at radius 3 is 2.64 bits per heavy atom. The van der Waals surface area contributed by atoms with Crippen molar-refractivity contribution in [3.05, 3.63) is 63.2 Å². The normalized spacial score (nSPS) is 11.0. The maximum absolute atomic E-state index is 12.7. The molecular weight excluding hydrogens is 322 g/mol. The lowest BCUT2D eigenvalue weighted by atomic mass is 10.1. The van der Waals surface area contributed by atoms with Gasteiger partial charge in [0.15, 0.2) is 5.65 Å². The van der Waals surface area contributed by atoms with Crippen LogP contribution in [0.3, 0.4) is 0 Å². The van der Waals surface area contributed by atoms with E-state index < -0.39 is 5.97 Å². The molecule has 0 saturated heterocycles. The molecule has 0 saturated carbocycles. The summed E-state index contributed by atoms with van der Waals surface area (Å²) in [6, 6.07) is 9.41. The van der Waals surface area contributed by atoms with Crippen molar-refractivity contribution < 1.29 is 14.6 Å². The van der Waals surface area contributed by atoms with Crippen LogP contribution in [0.5, 0.6) is 5.75 Å². The number of para-hydroxylation sites is 1. The highest BCUT2D eigenvalue weighted by molar-refractivity contribution is 5.67. The summed E-state index contributed by atoms with van der Waals surface area (Å²) in [5.74, 6) is -0.207. The SMILES string of the molecule is Cc1nc2c(COc3ccccc3)c(C)[nH]n2c(=O)c1CCC(=O)O. The Hall–Kier alpha value is -3.09. The number of carbonyl (C=O) groups is 1. The zero-order chi connectivity index (χ0) is 18.0. The van der Waals surface area contributed by atoms with Crippen molar-refractivity contribution in [2.24, 2.45) is 0 Å². The summed E-state index contributed by atoms with van der Waals surface area (Å²) in [4.78, 5) is 27.9. The van der Waals surface area contributed by atoms with E-state index in [0.717, 1.165) is 17.0 Å². The van der Waals surface area contributed by atoms with Crippen LogP contribution in [-0.2, 0) is 17.8 Å². The van der Waals surface area contributed by atoms with Gasteiger partial charge in [0.2, 0.25) is 0 Å². The number of fused-ring (bicyclic) bond motifs is 1. The minimum atomic E-state index is -0.941. The summed E-state index contributed by atoms with van der Waals surface area (Å²) < 4.78 is 7.14. The highest BCUT2D eigenvalue weighted by Gasteiger charge is 2.17. The molecule has 0 spiro atoms. The van der Waals surface area contributed by atoms with Crippen LogP contribution in [0.4, 0.5) is 0 Å². The Bertz CT molecular complexity index is 973. The van der Waals surface area contributed by atoms with Crippen LogP contribution in [0.1, 0.15) is 28.9 Å². The van der Waals surface area contributed by atoms with Crippen molar-refractivity contribution in [2.75, 3.05) is 0 Å². The standard InChI is InChI=1S/C18H19N3O4/c1-11-14(8-9-16(22)23)18(24)21-17(19-11)15(12(2)20-21)10-25-13-6-4-3-5-7-13/h3-7,20H,8-10H2,1-2H3,(H,22,23). The molecule has 0 aliphatic carbocycles. The quantitative estimate of drug-likeness (QED) is 0.717. The van der Waals surface area contributed by atoms with E-state index in [0.29, 0.717) is 16.9 Å². The second kappa shape index (κ2) is 6.80. The molecule has 0 aliphatic rings. The van der Waals surface area contributed by atoms with E-state index in [1.165, 1.54) is 4.52 Å². The lowest BCUT2D eigenvalue weighted by Gasteiger charge is -2.07. The largest absolute Gasteiger partial charge is 0.489 e. The van der Waals surface area contributed by atoms with Gasteiger partial charge in [0, 0.05) is 23.4 Å². The Morgan fingerprint density at radius 2 is 1.96 bits per heavy atom. The first-order valence-corrected chi connectivity index (χ1v) is 7.96. The summed E-state index contributed by atoms with van der Waals surface area (Å²) in [6.45, 7) is 3.86. The summed E-state index contributed by atoms with van der Waals surface area (Å²) >= 11 is 0. The number of ether oxygens (including phenoxy) is 1. The molecule has 2 heterocycles. The average Bonchev–Trinajstić information content (AvgIpc) is 2.89. The van der Waals surface area contributed by atoms with Gasteiger partial charge in [0.1, 0.15) is 12.4 Å². The minimum absolute atomic E-state index is 0.104. The maximum Gasteiger partial charge on any atom is 0.303 e. The zero-order valence-electron chi connectivity index (χ0n) is 14.1. The Labute approximate surface area is 143 Å². The molecule has 0 unspecified atom stereocenters. The molecule has 0 radical (unpaired) electrons. The Kier molecular flexibility index (Phi) is 4.56. The molecule has 0 aliphatic heterocycles. The van der Waals surface area contributed by atoms with Gasteiger partial charge in [-0.25, -0.2) is 9.50 Å². The summed E-state index contributed by atoms with van der Waals surface area (Å²) in [5, 5.41) is 11.8. The average molecular weight is 341 g/mol. The number of carboxylic acid groups (broad SMARTS) is 1. The highest BCUT2D eigenvalue weighted by Crippen LogP contribution is 2.18. The van der Waals surface area contributed by atoms with Crippen LogP contribution in [0.25, 0.3) is 5.65 Å². The molecule has 2 N–H and O–H groups in total. The molecule has 0 amide bonds. The van der Waals surface area contributed by atoms with Crippen molar-refractivity contribution in [1.29, 1.82) is 0 Å². The van der Waals surface area contributed by atoms with Crippen molar-refractivity contribution >= 4 is 11.6 Å². The van der Waals surface area contributed by atoms with E-state index >= 15 is 0 Å². The third-order valence-corrected chi connectivity index (χ3v) is 4.10. The van der Waals surface area contributed by atoms with E-state index in [9.17, 15) is 9.59 Å². The van der Waals surface area contributed by atoms with Crippen LogP contribution in [0.2, 0.25) is 0 Å². The van der Waals surface area contributed by atoms with Crippen molar-refractivity contribution in [1.82, 2.24) is 14.6 Å². The fourth-order valence-corrected chi connectivity index (χ4v) is 2.74. The molecule has 25 heavy (non-hydrogen) atoms. The monoisotopic (exact) mass is 341 g/mol. The predicted octanol–water partition coefficient (Wildman–Crippen LogP) is 2.24. The third kappa shape index (κ3) is 3.40. The van der Waals surface area contributed by atoms with E-state index in [-0.39, 0.29) is 25.0 Å². The number of nitrogens with zero attached hydrogens (tertiary/aromatic N) is 2. The molecule has 130 valence electrons. The molecule has 7 nitrogen and oxygen atoms in total. The van der Waals surface area contributed by atoms with Crippen LogP contribution >= 0.6 is 0 Å². The third-order valence-electron chi connectivity index (χ3n) is 4.10. The highest BCUT2D eigenvalue weighted by atomic mass is 16.5. The molecule has 0 atom stereocenters. The van der Waals surface area contributed by atoms with Gasteiger partial charge in [0.05, 0.1) is 5.56 Å². The van der Waals surface area contributed by atoms with Crippen LogP contribution in [0, 0.1) is 13.8 Å². The van der Waals surface area contributed by atoms with Gasteiger partial charge in [-0.3, -0.25) is 14.7 Å². The number of benzene rings is 1. The number of hydrogen-bond donors (Lipinski definition) is 2. The predicted molar refractivity (Wildman–Crippen MR) is 92.0 cm³/mol. The van der Waals surface area contributed by atoms with Gasteiger partial charge in [-0.15, -0.1) is 0 Å². The lowest BCUT2D eigenvalue weighted by molar-refractivity contribution is -0.136. The van der Waals surface area contributed by atoms with Crippen LogP contribution in [-0.4, -0.2) is 25.7 Å². The van der Waals surface area contributed by atoms with Gasteiger partial charge in [-0.05, 0) is 32.4 Å². The first kappa shape index (κ1) is 16.8. The smallest absolute Gasteiger partial charge is 0.303 e. The fraction of sp³-hybridized carbons (Fsp3) is 0.278. The molecular formula is C18H19N3O4. The second-order valence-corrected chi connectivity index (χ2v) is 5.85. The van der Waals surface area contributed by atoms with Crippen LogP contribution in [0.15, 0.2) is 35.1 Å². The van der Waals surface area contributed by atoms with E-state index in [4.69, 9.17) is 9.84 Å². The maximum atomic E-state index is 12.7. The number of H-pyrrole nitrogens is 1. The first-order chi connectivity index (χ1) is 12.0. The number of carboxylic acids is 1. The molecule has 3 aromatic rings. The van der Waals surface area contributed by atoms with Gasteiger partial charge in [-0.1, -0.05) is 18.2 Å².